The van der Waals surface area contributed by atoms with Crippen molar-refractivity contribution in [2.75, 3.05) is 11.9 Å². The minimum atomic E-state index is -0.397. The average Bonchev–Trinajstić information content (AvgIpc) is 2.28. The van der Waals surface area contributed by atoms with Gasteiger partial charge in [-0.05, 0) is 38.3 Å². The third-order valence-electron chi connectivity index (χ3n) is 2.62. The van der Waals surface area contributed by atoms with Gasteiger partial charge in [-0.3, -0.25) is 10.1 Å². The molecule has 94 valence electrons. The van der Waals surface area contributed by atoms with Crippen LogP contribution in [-0.2, 0) is 0 Å². The molecule has 1 unspecified atom stereocenters. The summed E-state index contributed by atoms with van der Waals surface area (Å²) in [6, 6.07) is 5.01. The van der Waals surface area contributed by atoms with Crippen LogP contribution < -0.4 is 5.32 Å². The second-order valence-corrected chi connectivity index (χ2v) is 4.17. The fraction of sp³-hybridized carbons (Fsp3) is 0.500. The van der Waals surface area contributed by atoms with E-state index in [4.69, 9.17) is 5.11 Å². The number of aliphatic hydroxyl groups excluding tert-OH is 1. The molecule has 1 aromatic carbocycles. The molecule has 0 fully saturated rings. The minimum absolute atomic E-state index is 0.107. The summed E-state index contributed by atoms with van der Waals surface area (Å²) in [5, 5.41) is 22.6. The summed E-state index contributed by atoms with van der Waals surface area (Å²) in [5.41, 5.74) is 1.87. The maximum atomic E-state index is 10.6. The molecule has 1 aromatic rings. The van der Waals surface area contributed by atoms with Crippen molar-refractivity contribution >= 4 is 11.4 Å². The number of rotatable bonds is 6. The van der Waals surface area contributed by atoms with Crippen LogP contribution in [0.4, 0.5) is 11.4 Å². The Morgan fingerprint density at radius 1 is 1.53 bits per heavy atom. The van der Waals surface area contributed by atoms with Gasteiger partial charge in [-0.15, -0.1) is 0 Å². The second kappa shape index (κ2) is 6.20. The summed E-state index contributed by atoms with van der Waals surface area (Å²) in [6.45, 7) is 4.05. The van der Waals surface area contributed by atoms with Crippen molar-refractivity contribution in [2.45, 2.75) is 32.7 Å². The van der Waals surface area contributed by atoms with Crippen LogP contribution in [0.3, 0.4) is 0 Å². The zero-order valence-corrected chi connectivity index (χ0v) is 10.1. The monoisotopic (exact) mass is 238 g/mol. The first-order valence-electron chi connectivity index (χ1n) is 5.67. The van der Waals surface area contributed by atoms with Crippen molar-refractivity contribution < 1.29 is 10.0 Å². The van der Waals surface area contributed by atoms with E-state index in [-0.39, 0.29) is 18.3 Å². The van der Waals surface area contributed by atoms with Crippen LogP contribution in [0.2, 0.25) is 0 Å². The topological polar surface area (TPSA) is 75.4 Å². The molecule has 0 heterocycles. The number of benzene rings is 1. The number of non-ortho nitro benzene ring substituents is 1. The van der Waals surface area contributed by atoms with E-state index in [0.29, 0.717) is 0 Å². The summed E-state index contributed by atoms with van der Waals surface area (Å²) >= 11 is 0. The van der Waals surface area contributed by atoms with Gasteiger partial charge < -0.3 is 10.4 Å². The normalized spacial score (nSPS) is 12.2. The fourth-order valence-electron chi connectivity index (χ4n) is 1.66. The van der Waals surface area contributed by atoms with E-state index in [0.717, 1.165) is 24.1 Å². The van der Waals surface area contributed by atoms with Gasteiger partial charge in [0, 0.05) is 30.5 Å². The van der Waals surface area contributed by atoms with Crippen molar-refractivity contribution in [2.24, 2.45) is 0 Å². The number of nitrogens with one attached hydrogen (secondary N) is 1. The SMILES string of the molecule is Cc1cc([N+](=O)[O-])ccc1NC(C)CCCO. The first kappa shape index (κ1) is 13.4. The van der Waals surface area contributed by atoms with Gasteiger partial charge in [0.25, 0.3) is 5.69 Å². The molecule has 0 amide bonds. The quantitative estimate of drug-likeness (QED) is 0.589. The van der Waals surface area contributed by atoms with Crippen LogP contribution in [0.5, 0.6) is 0 Å². The van der Waals surface area contributed by atoms with Crippen LogP contribution in [0.15, 0.2) is 18.2 Å². The maximum Gasteiger partial charge on any atom is 0.269 e. The molecule has 0 radical (unpaired) electrons. The Bertz CT molecular complexity index is 393. The molecular formula is C12H18N2O3. The lowest BCUT2D eigenvalue weighted by molar-refractivity contribution is -0.384. The van der Waals surface area contributed by atoms with Gasteiger partial charge in [0.05, 0.1) is 4.92 Å². The minimum Gasteiger partial charge on any atom is -0.396 e. The summed E-state index contributed by atoms with van der Waals surface area (Å²) in [6.07, 6.45) is 1.62. The molecule has 0 aliphatic rings. The molecule has 0 aliphatic carbocycles. The molecule has 5 nitrogen and oxygen atoms in total. The molecule has 0 saturated heterocycles. The fourth-order valence-corrected chi connectivity index (χ4v) is 1.66. The Balaban J connectivity index is 2.69. The van der Waals surface area contributed by atoms with Crippen LogP contribution in [0.25, 0.3) is 0 Å². The predicted octanol–water partition coefficient (Wildman–Crippen LogP) is 2.48. The lowest BCUT2D eigenvalue weighted by Gasteiger charge is -2.16. The Hall–Kier alpha value is -1.62. The highest BCUT2D eigenvalue weighted by molar-refractivity contribution is 5.55. The van der Waals surface area contributed by atoms with E-state index in [1.807, 2.05) is 13.8 Å². The van der Waals surface area contributed by atoms with Crippen LogP contribution in [0, 0.1) is 17.0 Å². The van der Waals surface area contributed by atoms with Gasteiger partial charge in [-0.25, -0.2) is 0 Å². The zero-order valence-electron chi connectivity index (χ0n) is 10.1. The molecule has 0 bridgehead atoms. The molecule has 0 spiro atoms. The maximum absolute atomic E-state index is 10.6. The summed E-state index contributed by atoms with van der Waals surface area (Å²) in [5.74, 6) is 0. The van der Waals surface area contributed by atoms with E-state index in [1.165, 1.54) is 6.07 Å². The summed E-state index contributed by atoms with van der Waals surface area (Å²) in [7, 11) is 0. The molecule has 2 N–H and O–H groups in total. The van der Waals surface area contributed by atoms with Crippen molar-refractivity contribution in [1.82, 2.24) is 0 Å². The van der Waals surface area contributed by atoms with Gasteiger partial charge in [-0.2, -0.15) is 0 Å². The molecule has 1 rings (SSSR count). The number of nitro benzene ring substituents is 1. The number of hydrogen-bond donors (Lipinski definition) is 2. The van der Waals surface area contributed by atoms with E-state index in [2.05, 4.69) is 5.32 Å². The highest BCUT2D eigenvalue weighted by Gasteiger charge is 2.09. The Kier molecular flexibility index (Phi) is 4.90. The third kappa shape index (κ3) is 4.03. The largest absolute Gasteiger partial charge is 0.396 e. The molecule has 17 heavy (non-hydrogen) atoms. The smallest absolute Gasteiger partial charge is 0.269 e. The molecular weight excluding hydrogens is 220 g/mol. The van der Waals surface area contributed by atoms with Crippen LogP contribution >= 0.6 is 0 Å². The second-order valence-electron chi connectivity index (χ2n) is 4.17. The Morgan fingerprint density at radius 2 is 2.24 bits per heavy atom. The first-order chi connectivity index (χ1) is 8.04. The number of aryl methyl sites for hydroxylation is 1. The highest BCUT2D eigenvalue weighted by Crippen LogP contribution is 2.22. The van der Waals surface area contributed by atoms with Gasteiger partial charge in [0.1, 0.15) is 0 Å². The number of nitro groups is 1. The van der Waals surface area contributed by atoms with E-state index >= 15 is 0 Å². The first-order valence-corrected chi connectivity index (χ1v) is 5.67. The molecule has 0 aliphatic heterocycles. The number of nitrogens with zero attached hydrogens (tertiary/aromatic N) is 1. The van der Waals surface area contributed by atoms with Crippen molar-refractivity contribution in [3.8, 4) is 0 Å². The highest BCUT2D eigenvalue weighted by atomic mass is 16.6. The lowest BCUT2D eigenvalue weighted by Crippen LogP contribution is -2.16. The number of aliphatic hydroxyl groups is 1. The van der Waals surface area contributed by atoms with Gasteiger partial charge in [0.2, 0.25) is 0 Å². The summed E-state index contributed by atoms with van der Waals surface area (Å²) in [4.78, 5) is 10.2. The zero-order chi connectivity index (χ0) is 12.8. The Labute approximate surface area is 101 Å². The predicted molar refractivity (Wildman–Crippen MR) is 67.2 cm³/mol. The van der Waals surface area contributed by atoms with Crippen molar-refractivity contribution in [3.63, 3.8) is 0 Å². The van der Waals surface area contributed by atoms with Crippen LogP contribution in [0.1, 0.15) is 25.3 Å². The van der Waals surface area contributed by atoms with Gasteiger partial charge in [0.15, 0.2) is 0 Å². The van der Waals surface area contributed by atoms with Gasteiger partial charge >= 0.3 is 0 Å². The standard InChI is InChI=1S/C12H18N2O3/c1-9-8-11(14(16)17)5-6-12(9)13-10(2)4-3-7-15/h5-6,8,10,13,15H,3-4,7H2,1-2H3. The summed E-state index contributed by atoms with van der Waals surface area (Å²) < 4.78 is 0. The van der Waals surface area contributed by atoms with E-state index in [1.54, 1.807) is 12.1 Å². The molecule has 0 aromatic heterocycles. The number of hydrogen-bond acceptors (Lipinski definition) is 4. The Morgan fingerprint density at radius 3 is 2.76 bits per heavy atom. The van der Waals surface area contributed by atoms with E-state index < -0.39 is 4.92 Å². The average molecular weight is 238 g/mol. The van der Waals surface area contributed by atoms with Gasteiger partial charge in [-0.1, -0.05) is 0 Å². The van der Waals surface area contributed by atoms with Crippen LogP contribution in [-0.4, -0.2) is 22.7 Å². The lowest BCUT2D eigenvalue weighted by atomic mass is 10.1. The van der Waals surface area contributed by atoms with E-state index in [9.17, 15) is 10.1 Å². The third-order valence-corrected chi connectivity index (χ3v) is 2.62. The molecule has 0 saturated carbocycles. The molecule has 1 atom stereocenters. The van der Waals surface area contributed by atoms with Crippen molar-refractivity contribution in [3.05, 3.63) is 33.9 Å². The van der Waals surface area contributed by atoms with Crippen molar-refractivity contribution in [1.29, 1.82) is 0 Å². The molecule has 5 heteroatoms. The number of anilines is 1.